The molecular weight excluding hydrogens is 304 g/mol. The van der Waals surface area contributed by atoms with Crippen molar-refractivity contribution in [1.82, 2.24) is 10.6 Å². The van der Waals surface area contributed by atoms with Crippen LogP contribution in [0.2, 0.25) is 0 Å². The summed E-state index contributed by atoms with van der Waals surface area (Å²) in [7, 11) is 0. The van der Waals surface area contributed by atoms with Crippen LogP contribution in [0.4, 0.5) is 0 Å². The highest BCUT2D eigenvalue weighted by molar-refractivity contribution is 7.13. The van der Waals surface area contributed by atoms with E-state index in [1.54, 1.807) is 11.3 Å². The Bertz CT molecular complexity index is 841. The number of rotatable bonds is 2. The van der Waals surface area contributed by atoms with Gasteiger partial charge in [0.2, 0.25) is 0 Å². The van der Waals surface area contributed by atoms with Crippen molar-refractivity contribution in [3.05, 3.63) is 55.4 Å². The van der Waals surface area contributed by atoms with Crippen LogP contribution in [0.25, 0.3) is 11.4 Å². The van der Waals surface area contributed by atoms with Crippen LogP contribution in [-0.4, -0.2) is 11.8 Å². The quantitative estimate of drug-likeness (QED) is 0.895. The lowest BCUT2D eigenvalue weighted by Gasteiger charge is -2.03. The third kappa shape index (κ3) is 1.80. The predicted octanol–water partition coefficient (Wildman–Crippen LogP) is 2.50. The zero-order valence-corrected chi connectivity index (χ0v) is 12.7. The summed E-state index contributed by atoms with van der Waals surface area (Å²) in [6.45, 7) is 2.00. The van der Waals surface area contributed by atoms with E-state index in [1.807, 2.05) is 36.6 Å². The van der Waals surface area contributed by atoms with Crippen molar-refractivity contribution in [3.63, 3.8) is 0 Å². The van der Waals surface area contributed by atoms with E-state index in [0.717, 1.165) is 14.6 Å². The summed E-state index contributed by atoms with van der Waals surface area (Å²) in [5.74, 6) is -0.430. The molecular formula is C15H10N2O2S2. The van der Waals surface area contributed by atoms with E-state index in [1.165, 1.54) is 11.3 Å². The van der Waals surface area contributed by atoms with E-state index in [9.17, 15) is 9.59 Å². The minimum atomic E-state index is -0.215. The number of amides is 2. The van der Waals surface area contributed by atoms with E-state index < -0.39 is 0 Å². The highest BCUT2D eigenvalue weighted by Gasteiger charge is 2.41. The molecule has 6 heteroatoms. The van der Waals surface area contributed by atoms with Gasteiger partial charge in [-0.1, -0.05) is 6.07 Å². The molecule has 2 aliphatic rings. The molecule has 21 heavy (non-hydrogen) atoms. The largest absolute Gasteiger partial charge is 0.320 e. The Hall–Kier alpha value is -2.18. The molecule has 4 heterocycles. The Labute approximate surface area is 128 Å². The second-order valence-electron chi connectivity index (χ2n) is 4.80. The molecule has 4 nitrogen and oxygen atoms in total. The van der Waals surface area contributed by atoms with Crippen LogP contribution in [0.15, 0.2) is 40.8 Å². The molecule has 0 radical (unpaired) electrons. The molecule has 0 aromatic carbocycles. The van der Waals surface area contributed by atoms with Gasteiger partial charge in [-0.15, -0.1) is 22.7 Å². The van der Waals surface area contributed by atoms with Gasteiger partial charge in [-0.25, -0.2) is 0 Å². The van der Waals surface area contributed by atoms with Crippen molar-refractivity contribution in [3.8, 4) is 0 Å². The van der Waals surface area contributed by atoms with Gasteiger partial charge >= 0.3 is 0 Å². The number of hydrogen-bond donors (Lipinski definition) is 2. The minimum Gasteiger partial charge on any atom is -0.320 e. The van der Waals surface area contributed by atoms with E-state index in [0.29, 0.717) is 22.5 Å². The van der Waals surface area contributed by atoms with E-state index in [-0.39, 0.29) is 11.8 Å². The van der Waals surface area contributed by atoms with Crippen LogP contribution in [0.3, 0.4) is 0 Å². The summed E-state index contributed by atoms with van der Waals surface area (Å²) in [5, 5.41) is 7.60. The first-order valence-corrected chi connectivity index (χ1v) is 8.07. The maximum Gasteiger partial charge on any atom is 0.258 e. The van der Waals surface area contributed by atoms with E-state index >= 15 is 0 Å². The van der Waals surface area contributed by atoms with Crippen LogP contribution in [-0.2, 0) is 9.59 Å². The number of hydrogen-bond acceptors (Lipinski definition) is 4. The normalized spacial score (nSPS) is 17.4. The molecule has 0 bridgehead atoms. The number of carbonyl (C=O) groups is 2. The van der Waals surface area contributed by atoms with Crippen LogP contribution >= 0.6 is 22.7 Å². The average Bonchev–Trinajstić information content (AvgIpc) is 3.17. The highest BCUT2D eigenvalue weighted by Crippen LogP contribution is 2.39. The fraction of sp³-hybridized carbons (Fsp3) is 0.0667. The van der Waals surface area contributed by atoms with Crippen LogP contribution in [0.1, 0.15) is 14.6 Å². The maximum atomic E-state index is 12.3. The van der Waals surface area contributed by atoms with Gasteiger partial charge in [0.25, 0.3) is 11.8 Å². The maximum absolute atomic E-state index is 12.3. The number of nitrogens with one attached hydrogen (secondary N) is 2. The van der Waals surface area contributed by atoms with Gasteiger partial charge in [0.15, 0.2) is 0 Å². The Morgan fingerprint density at radius 2 is 1.57 bits per heavy atom. The summed E-state index contributed by atoms with van der Waals surface area (Å²) in [5.41, 5.74) is 2.16. The van der Waals surface area contributed by atoms with Gasteiger partial charge in [0, 0.05) is 4.88 Å². The summed E-state index contributed by atoms with van der Waals surface area (Å²) >= 11 is 3.07. The second kappa shape index (κ2) is 4.41. The van der Waals surface area contributed by atoms with Crippen molar-refractivity contribution in [2.24, 2.45) is 0 Å². The van der Waals surface area contributed by atoms with Gasteiger partial charge < -0.3 is 10.6 Å². The molecule has 4 rings (SSSR count). The van der Waals surface area contributed by atoms with Gasteiger partial charge in [0.05, 0.1) is 32.3 Å². The van der Waals surface area contributed by atoms with Crippen LogP contribution in [0, 0.1) is 6.92 Å². The molecule has 2 N–H and O–H groups in total. The lowest BCUT2D eigenvalue weighted by Crippen LogP contribution is -2.20. The summed E-state index contributed by atoms with van der Waals surface area (Å²) in [6.07, 6.45) is 0. The lowest BCUT2D eigenvalue weighted by atomic mass is 10.1. The first-order chi connectivity index (χ1) is 10.1. The van der Waals surface area contributed by atoms with Gasteiger partial charge in [-0.05, 0) is 30.5 Å². The monoisotopic (exact) mass is 314 g/mol. The molecule has 2 amide bonds. The molecule has 0 saturated carbocycles. The summed E-state index contributed by atoms with van der Waals surface area (Å²) in [6, 6.07) is 7.71. The Morgan fingerprint density at radius 1 is 0.905 bits per heavy atom. The fourth-order valence-corrected chi connectivity index (χ4v) is 4.15. The molecule has 0 saturated heterocycles. The number of fused-ring (bicyclic) bond motifs is 1. The third-order valence-electron chi connectivity index (χ3n) is 3.44. The first kappa shape index (κ1) is 12.6. The Morgan fingerprint density at radius 3 is 2.10 bits per heavy atom. The molecule has 0 atom stereocenters. The van der Waals surface area contributed by atoms with Crippen molar-refractivity contribution >= 4 is 45.9 Å². The highest BCUT2D eigenvalue weighted by atomic mass is 32.1. The Kier molecular flexibility index (Phi) is 2.63. The molecule has 2 aromatic rings. The standard InChI is InChI=1S/C15H10N2O2S2/c1-7-4-5-9(21-7)13-11-10(14(18)17-13)12(16-15(11)19)8-3-2-6-20-8/h2-6H,1H3,(H,16,19)(H,17,18). The van der Waals surface area contributed by atoms with Crippen molar-refractivity contribution in [1.29, 1.82) is 0 Å². The minimum absolute atomic E-state index is 0.215. The zero-order chi connectivity index (χ0) is 14.6. The molecule has 0 spiro atoms. The number of aryl methyl sites for hydroxylation is 1. The van der Waals surface area contributed by atoms with Crippen LogP contribution < -0.4 is 10.6 Å². The van der Waals surface area contributed by atoms with E-state index in [2.05, 4.69) is 10.6 Å². The van der Waals surface area contributed by atoms with Crippen molar-refractivity contribution in [2.45, 2.75) is 6.92 Å². The second-order valence-corrected chi connectivity index (χ2v) is 7.03. The number of carbonyl (C=O) groups excluding carboxylic acids is 2. The molecule has 2 aromatic heterocycles. The molecule has 2 aliphatic heterocycles. The average molecular weight is 314 g/mol. The Balaban J connectivity index is 1.93. The zero-order valence-electron chi connectivity index (χ0n) is 11.0. The van der Waals surface area contributed by atoms with Gasteiger partial charge in [-0.3, -0.25) is 9.59 Å². The molecule has 0 aliphatic carbocycles. The summed E-state index contributed by atoms with van der Waals surface area (Å²) in [4.78, 5) is 27.6. The van der Waals surface area contributed by atoms with Crippen LogP contribution in [0.5, 0.6) is 0 Å². The predicted molar refractivity (Wildman–Crippen MR) is 83.5 cm³/mol. The van der Waals surface area contributed by atoms with Crippen molar-refractivity contribution < 1.29 is 9.59 Å². The first-order valence-electron chi connectivity index (χ1n) is 6.37. The summed E-state index contributed by atoms with van der Waals surface area (Å²) < 4.78 is 0. The van der Waals surface area contributed by atoms with Crippen molar-refractivity contribution in [2.75, 3.05) is 0 Å². The molecule has 0 fully saturated rings. The number of thiophene rings is 2. The van der Waals surface area contributed by atoms with Gasteiger partial charge in [0.1, 0.15) is 0 Å². The lowest BCUT2D eigenvalue weighted by molar-refractivity contribution is -0.117. The van der Waals surface area contributed by atoms with E-state index in [4.69, 9.17) is 0 Å². The SMILES string of the molecule is Cc1ccc(C2=C3C(=O)NC(c4cccs4)=C3C(=O)N2)s1. The fourth-order valence-electron chi connectivity index (χ4n) is 2.54. The molecule has 0 unspecified atom stereocenters. The topological polar surface area (TPSA) is 58.2 Å². The van der Waals surface area contributed by atoms with Gasteiger partial charge in [-0.2, -0.15) is 0 Å². The third-order valence-corrected chi connectivity index (χ3v) is 5.34. The molecule has 104 valence electrons. The smallest absolute Gasteiger partial charge is 0.258 e.